The van der Waals surface area contributed by atoms with Gasteiger partial charge in [0.1, 0.15) is 12.4 Å². The topological polar surface area (TPSA) is 72.6 Å². The Hall–Kier alpha value is -2.47. The quantitative estimate of drug-likeness (QED) is 0.855. The molecule has 2 rings (SSSR count). The Bertz CT molecular complexity index is 699. The number of thioether (sulfide) groups is 1. The van der Waals surface area contributed by atoms with Crippen molar-refractivity contribution in [2.24, 2.45) is 5.73 Å². The van der Waals surface area contributed by atoms with E-state index >= 15 is 0 Å². The van der Waals surface area contributed by atoms with Crippen molar-refractivity contribution in [3.05, 3.63) is 59.7 Å². The molecular formula is C17H18N2O3S. The number of amides is 2. The number of primary amides is 1. The van der Waals surface area contributed by atoms with E-state index in [-0.39, 0.29) is 5.24 Å². The molecule has 0 fully saturated rings. The lowest BCUT2D eigenvalue weighted by Gasteiger charge is -2.11. The van der Waals surface area contributed by atoms with Gasteiger partial charge in [0, 0.05) is 19.0 Å². The van der Waals surface area contributed by atoms with Crippen molar-refractivity contribution in [2.75, 3.05) is 14.1 Å². The average molecular weight is 330 g/mol. The first-order chi connectivity index (χ1) is 11.0. The average Bonchev–Trinajstić information content (AvgIpc) is 2.54. The number of ether oxygens (including phenoxy) is 1. The van der Waals surface area contributed by atoms with Crippen molar-refractivity contribution in [3.63, 3.8) is 0 Å². The molecule has 0 bridgehead atoms. The largest absolute Gasteiger partial charge is 0.488 e. The van der Waals surface area contributed by atoms with Gasteiger partial charge in [-0.3, -0.25) is 9.59 Å². The minimum atomic E-state index is -0.519. The second-order valence-corrected chi connectivity index (χ2v) is 6.08. The molecule has 0 heterocycles. The molecular weight excluding hydrogens is 312 g/mol. The van der Waals surface area contributed by atoms with E-state index in [1.807, 2.05) is 24.3 Å². The number of nitrogens with two attached hydrogens (primary N) is 1. The Morgan fingerprint density at radius 3 is 2.35 bits per heavy atom. The first-order valence-electron chi connectivity index (χ1n) is 6.97. The van der Waals surface area contributed by atoms with Gasteiger partial charge < -0.3 is 15.4 Å². The highest BCUT2D eigenvalue weighted by Crippen LogP contribution is 2.22. The molecule has 0 radical (unpaired) electrons. The Balaban J connectivity index is 1.99. The van der Waals surface area contributed by atoms with Crippen LogP contribution in [0.25, 0.3) is 0 Å². The van der Waals surface area contributed by atoms with Crippen LogP contribution in [0, 0.1) is 0 Å². The molecule has 2 aromatic rings. The molecule has 0 aliphatic heterocycles. The van der Waals surface area contributed by atoms with Gasteiger partial charge in [-0.25, -0.2) is 0 Å². The lowest BCUT2D eigenvalue weighted by molar-refractivity contribution is 0.0996. The molecule has 0 aliphatic rings. The molecule has 5 nitrogen and oxygen atoms in total. The van der Waals surface area contributed by atoms with Gasteiger partial charge in [-0.1, -0.05) is 24.3 Å². The van der Waals surface area contributed by atoms with Gasteiger partial charge >= 0.3 is 0 Å². The van der Waals surface area contributed by atoms with Gasteiger partial charge in [0.15, 0.2) is 0 Å². The molecule has 2 aromatic carbocycles. The maximum Gasteiger partial charge on any atom is 0.285 e. The van der Waals surface area contributed by atoms with Crippen LogP contribution in [0.3, 0.4) is 0 Å². The van der Waals surface area contributed by atoms with Crippen molar-refractivity contribution >= 4 is 22.9 Å². The first-order valence-corrected chi connectivity index (χ1v) is 7.78. The summed E-state index contributed by atoms with van der Waals surface area (Å²) in [5, 5.41) is -0.0237. The molecule has 0 spiro atoms. The summed E-state index contributed by atoms with van der Waals surface area (Å²) in [4.78, 5) is 25.4. The third kappa shape index (κ3) is 4.75. The van der Waals surface area contributed by atoms with E-state index in [1.54, 1.807) is 38.4 Å². The van der Waals surface area contributed by atoms with Gasteiger partial charge in [0.25, 0.3) is 11.1 Å². The fraction of sp³-hybridized carbons (Fsp3) is 0.176. The van der Waals surface area contributed by atoms with Crippen LogP contribution in [0.1, 0.15) is 15.9 Å². The summed E-state index contributed by atoms with van der Waals surface area (Å²) in [5.74, 6) is -0.0595. The summed E-state index contributed by atoms with van der Waals surface area (Å²) in [6.45, 7) is 0.316. The predicted molar refractivity (Wildman–Crippen MR) is 90.7 cm³/mol. The zero-order valence-electron chi connectivity index (χ0n) is 13.0. The summed E-state index contributed by atoms with van der Waals surface area (Å²) >= 11 is 1.17. The van der Waals surface area contributed by atoms with Crippen LogP contribution in [-0.4, -0.2) is 30.1 Å². The smallest absolute Gasteiger partial charge is 0.285 e. The van der Waals surface area contributed by atoms with E-state index in [9.17, 15) is 9.59 Å². The van der Waals surface area contributed by atoms with E-state index in [0.717, 1.165) is 10.5 Å². The fourth-order valence-electron chi connectivity index (χ4n) is 1.80. The number of para-hydroxylation sites is 1. The summed E-state index contributed by atoms with van der Waals surface area (Å²) in [7, 11) is 3.43. The van der Waals surface area contributed by atoms with Crippen molar-refractivity contribution < 1.29 is 14.3 Å². The van der Waals surface area contributed by atoms with Crippen molar-refractivity contribution in [2.45, 2.75) is 11.5 Å². The van der Waals surface area contributed by atoms with Crippen LogP contribution in [0.15, 0.2) is 53.4 Å². The minimum absolute atomic E-state index is 0.0237. The maximum absolute atomic E-state index is 11.6. The molecule has 2 amide bonds. The van der Waals surface area contributed by atoms with Crippen LogP contribution >= 0.6 is 11.8 Å². The highest BCUT2D eigenvalue weighted by Gasteiger charge is 2.09. The van der Waals surface area contributed by atoms with E-state index in [4.69, 9.17) is 10.5 Å². The van der Waals surface area contributed by atoms with Gasteiger partial charge in [0.2, 0.25) is 0 Å². The SMILES string of the molecule is CN(C)C(=O)Sc1ccc(COc2ccccc2C(N)=O)cc1. The number of hydrogen-bond donors (Lipinski definition) is 1. The number of rotatable bonds is 5. The standard InChI is InChI=1S/C17H18N2O3S/c1-19(2)17(21)23-13-9-7-12(8-10-13)11-22-15-6-4-3-5-14(15)16(18)20/h3-10H,11H2,1-2H3,(H2,18,20). The Labute approximate surface area is 139 Å². The number of nitrogens with zero attached hydrogens (tertiary/aromatic N) is 1. The summed E-state index contributed by atoms with van der Waals surface area (Å²) in [5.41, 5.74) is 6.61. The Morgan fingerprint density at radius 2 is 1.74 bits per heavy atom. The maximum atomic E-state index is 11.6. The third-order valence-electron chi connectivity index (χ3n) is 3.04. The van der Waals surface area contributed by atoms with E-state index in [1.165, 1.54) is 16.7 Å². The number of benzene rings is 2. The Morgan fingerprint density at radius 1 is 1.09 bits per heavy atom. The van der Waals surface area contributed by atoms with Gasteiger partial charge in [-0.05, 0) is 41.6 Å². The molecule has 6 heteroatoms. The van der Waals surface area contributed by atoms with Crippen molar-refractivity contribution in [1.29, 1.82) is 0 Å². The number of carbonyl (C=O) groups excluding carboxylic acids is 2. The van der Waals surface area contributed by atoms with Crippen LogP contribution in [0.2, 0.25) is 0 Å². The lowest BCUT2D eigenvalue weighted by Crippen LogP contribution is -2.15. The molecule has 0 saturated carbocycles. The highest BCUT2D eigenvalue weighted by atomic mass is 32.2. The zero-order valence-corrected chi connectivity index (χ0v) is 13.8. The minimum Gasteiger partial charge on any atom is -0.488 e. The van der Waals surface area contributed by atoms with E-state index in [2.05, 4.69) is 0 Å². The van der Waals surface area contributed by atoms with E-state index in [0.29, 0.717) is 17.9 Å². The monoisotopic (exact) mass is 330 g/mol. The second kappa shape index (κ2) is 7.69. The molecule has 120 valence electrons. The molecule has 0 aliphatic carbocycles. The highest BCUT2D eigenvalue weighted by molar-refractivity contribution is 8.13. The summed E-state index contributed by atoms with van der Waals surface area (Å²) in [6, 6.07) is 14.4. The van der Waals surface area contributed by atoms with Gasteiger partial charge in [0.05, 0.1) is 5.56 Å². The predicted octanol–water partition coefficient (Wildman–Crippen LogP) is 3.14. The summed E-state index contributed by atoms with van der Waals surface area (Å²) in [6.07, 6.45) is 0. The number of carbonyl (C=O) groups is 2. The molecule has 0 saturated heterocycles. The van der Waals surface area contributed by atoms with Crippen LogP contribution in [0.4, 0.5) is 4.79 Å². The van der Waals surface area contributed by atoms with Crippen LogP contribution in [0.5, 0.6) is 5.75 Å². The molecule has 23 heavy (non-hydrogen) atoms. The molecule has 2 N–H and O–H groups in total. The zero-order chi connectivity index (χ0) is 16.8. The molecule has 0 aromatic heterocycles. The normalized spacial score (nSPS) is 10.2. The fourth-order valence-corrected chi connectivity index (χ4v) is 2.46. The number of hydrogen-bond acceptors (Lipinski definition) is 4. The molecule has 0 atom stereocenters. The van der Waals surface area contributed by atoms with Gasteiger partial charge in [-0.15, -0.1) is 0 Å². The van der Waals surface area contributed by atoms with Crippen LogP contribution in [-0.2, 0) is 6.61 Å². The van der Waals surface area contributed by atoms with Gasteiger partial charge in [-0.2, -0.15) is 0 Å². The Kier molecular flexibility index (Phi) is 5.65. The van der Waals surface area contributed by atoms with Crippen LogP contribution < -0.4 is 10.5 Å². The molecule has 0 unspecified atom stereocenters. The lowest BCUT2D eigenvalue weighted by atomic mass is 10.2. The third-order valence-corrected chi connectivity index (χ3v) is 4.09. The van der Waals surface area contributed by atoms with E-state index < -0.39 is 5.91 Å². The first kappa shape index (κ1) is 16.9. The van der Waals surface area contributed by atoms with Crippen molar-refractivity contribution in [3.8, 4) is 5.75 Å². The van der Waals surface area contributed by atoms with Crippen molar-refractivity contribution in [1.82, 2.24) is 4.90 Å². The summed E-state index contributed by atoms with van der Waals surface area (Å²) < 4.78 is 5.66. The second-order valence-electron chi connectivity index (χ2n) is 5.06.